The third-order valence-corrected chi connectivity index (χ3v) is 5.84. The Labute approximate surface area is 170 Å². The summed E-state index contributed by atoms with van der Waals surface area (Å²) in [6.45, 7) is 1.77. The fourth-order valence-electron chi connectivity index (χ4n) is 2.82. The van der Waals surface area contributed by atoms with Gasteiger partial charge < -0.3 is 15.0 Å². The van der Waals surface area contributed by atoms with Gasteiger partial charge in [0.05, 0.1) is 33.5 Å². The molecule has 0 aliphatic heterocycles. The lowest BCUT2D eigenvalue weighted by Crippen LogP contribution is -3.10. The molecule has 2 N–H and O–H groups in total. The molecule has 0 aliphatic rings. The molecule has 0 saturated carbocycles. The van der Waals surface area contributed by atoms with Crippen molar-refractivity contribution in [1.29, 1.82) is 0 Å². The van der Waals surface area contributed by atoms with Crippen LogP contribution in [0.1, 0.15) is 9.75 Å². The van der Waals surface area contributed by atoms with Gasteiger partial charge in [-0.25, -0.2) is 0 Å². The molecule has 0 bridgehead atoms. The van der Waals surface area contributed by atoms with Crippen LogP contribution in [0, 0.1) is 10.1 Å². The van der Waals surface area contributed by atoms with Gasteiger partial charge in [-0.05, 0) is 29.0 Å². The van der Waals surface area contributed by atoms with Gasteiger partial charge in [-0.3, -0.25) is 14.9 Å². The number of nitro groups is 1. The van der Waals surface area contributed by atoms with Gasteiger partial charge in [-0.2, -0.15) is 0 Å². The van der Waals surface area contributed by atoms with Gasteiger partial charge in [-0.1, -0.05) is 12.1 Å². The monoisotopic (exact) mass is 418 g/mol. The molecule has 0 atom stereocenters. The highest BCUT2D eigenvalue weighted by atomic mass is 32.1. The minimum Gasteiger partial charge on any atom is -0.494 e. The maximum absolute atomic E-state index is 12.7. The zero-order chi connectivity index (χ0) is 19.9. The average molecular weight is 419 g/mol. The number of nitro benzene ring substituents is 1. The Morgan fingerprint density at radius 3 is 2.29 bits per heavy atom. The molecular weight excluding hydrogens is 398 g/mol. The standard InChI is InChI=1S/C19H19N3O4S2/c1-26-18-10-14(22(24)25)6-7-17(18)20-19(23)13-21(11-15-4-2-8-27-15)12-16-5-3-9-28-16/h2-10H,11-13H2,1H3,(H,20,23)/p+1. The summed E-state index contributed by atoms with van der Waals surface area (Å²) in [6, 6.07) is 12.3. The van der Waals surface area contributed by atoms with E-state index in [4.69, 9.17) is 4.74 Å². The predicted octanol–water partition coefficient (Wildman–Crippen LogP) is 2.95. The number of thiophene rings is 2. The molecule has 7 nitrogen and oxygen atoms in total. The van der Waals surface area contributed by atoms with E-state index in [2.05, 4.69) is 17.4 Å². The van der Waals surface area contributed by atoms with Crippen molar-refractivity contribution >= 4 is 40.0 Å². The molecule has 2 aromatic heterocycles. The lowest BCUT2D eigenvalue weighted by atomic mass is 10.2. The fourth-order valence-corrected chi connectivity index (χ4v) is 4.38. The molecule has 9 heteroatoms. The molecule has 146 valence electrons. The van der Waals surface area contributed by atoms with Crippen molar-refractivity contribution in [2.75, 3.05) is 19.0 Å². The van der Waals surface area contributed by atoms with Gasteiger partial charge in [0.25, 0.3) is 11.6 Å². The molecule has 0 aliphatic carbocycles. The van der Waals surface area contributed by atoms with Crippen LogP contribution in [0.5, 0.6) is 5.75 Å². The molecular formula is C19H20N3O4S2+. The summed E-state index contributed by atoms with van der Waals surface area (Å²) in [5.74, 6) is 0.0934. The number of nitrogens with one attached hydrogen (secondary N) is 2. The van der Waals surface area contributed by atoms with Crippen LogP contribution < -0.4 is 15.0 Å². The van der Waals surface area contributed by atoms with Crippen molar-refractivity contribution in [3.05, 3.63) is 73.1 Å². The number of amides is 1. The van der Waals surface area contributed by atoms with E-state index in [1.807, 2.05) is 22.9 Å². The lowest BCUT2D eigenvalue weighted by Gasteiger charge is -2.18. The summed E-state index contributed by atoms with van der Waals surface area (Å²) in [7, 11) is 1.42. The largest absolute Gasteiger partial charge is 0.494 e. The van der Waals surface area contributed by atoms with E-state index in [1.54, 1.807) is 22.7 Å². The van der Waals surface area contributed by atoms with Crippen molar-refractivity contribution in [1.82, 2.24) is 0 Å². The zero-order valence-electron chi connectivity index (χ0n) is 15.2. The van der Waals surface area contributed by atoms with Gasteiger partial charge in [0.15, 0.2) is 6.54 Å². The normalized spacial score (nSPS) is 10.8. The van der Waals surface area contributed by atoms with Crippen LogP contribution in [0.4, 0.5) is 11.4 Å². The Morgan fingerprint density at radius 1 is 1.14 bits per heavy atom. The molecule has 1 amide bonds. The maximum Gasteiger partial charge on any atom is 0.279 e. The van der Waals surface area contributed by atoms with Gasteiger partial charge >= 0.3 is 0 Å². The van der Waals surface area contributed by atoms with E-state index >= 15 is 0 Å². The Balaban J connectivity index is 1.70. The Bertz CT molecular complexity index is 891. The molecule has 0 spiro atoms. The number of carbonyl (C=O) groups is 1. The molecule has 2 heterocycles. The summed E-state index contributed by atoms with van der Waals surface area (Å²) >= 11 is 3.34. The summed E-state index contributed by atoms with van der Waals surface area (Å²) in [5.41, 5.74) is 0.335. The first-order chi connectivity index (χ1) is 13.5. The first-order valence-electron chi connectivity index (χ1n) is 8.55. The highest BCUT2D eigenvalue weighted by molar-refractivity contribution is 7.10. The summed E-state index contributed by atoms with van der Waals surface area (Å²) in [4.78, 5) is 26.6. The molecule has 3 rings (SSSR count). The number of carbonyl (C=O) groups excluding carboxylic acids is 1. The van der Waals surface area contributed by atoms with Crippen molar-refractivity contribution < 1.29 is 19.4 Å². The van der Waals surface area contributed by atoms with Crippen LogP contribution in [0.2, 0.25) is 0 Å². The molecule has 1 aromatic carbocycles. The first-order valence-corrected chi connectivity index (χ1v) is 10.3. The molecule has 0 saturated heterocycles. The van der Waals surface area contributed by atoms with Crippen molar-refractivity contribution in [3.8, 4) is 5.75 Å². The quantitative estimate of drug-likeness (QED) is 0.413. The topological polar surface area (TPSA) is 85.9 Å². The summed E-state index contributed by atoms with van der Waals surface area (Å²) in [5, 5.41) is 17.8. The van der Waals surface area contributed by atoms with Crippen molar-refractivity contribution in [2.24, 2.45) is 0 Å². The number of hydrogen-bond acceptors (Lipinski definition) is 6. The second-order valence-corrected chi connectivity index (χ2v) is 8.19. The molecule has 0 fully saturated rings. The molecule has 0 radical (unpaired) electrons. The van der Waals surface area contributed by atoms with E-state index in [1.165, 1.54) is 35.1 Å². The zero-order valence-corrected chi connectivity index (χ0v) is 16.8. The Kier molecular flexibility index (Phi) is 6.75. The summed E-state index contributed by atoms with van der Waals surface area (Å²) in [6.07, 6.45) is 0. The van der Waals surface area contributed by atoms with Crippen LogP contribution >= 0.6 is 22.7 Å². The Hall–Kier alpha value is -2.75. The molecule has 0 unspecified atom stereocenters. The Morgan fingerprint density at radius 2 is 1.79 bits per heavy atom. The lowest BCUT2D eigenvalue weighted by molar-refractivity contribution is -0.918. The second kappa shape index (κ2) is 9.45. The van der Waals surface area contributed by atoms with Gasteiger partial charge in [-0.15, -0.1) is 22.7 Å². The van der Waals surface area contributed by atoms with Crippen LogP contribution in [0.3, 0.4) is 0 Å². The third-order valence-electron chi connectivity index (χ3n) is 4.09. The van der Waals surface area contributed by atoms with E-state index in [9.17, 15) is 14.9 Å². The van der Waals surface area contributed by atoms with E-state index in [0.717, 1.165) is 18.0 Å². The van der Waals surface area contributed by atoms with Gasteiger partial charge in [0.2, 0.25) is 0 Å². The minimum atomic E-state index is -0.498. The maximum atomic E-state index is 12.7. The number of non-ortho nitro benzene ring substituents is 1. The average Bonchev–Trinajstić information content (AvgIpc) is 3.36. The second-order valence-electron chi connectivity index (χ2n) is 6.13. The number of anilines is 1. The van der Waals surface area contributed by atoms with Crippen molar-refractivity contribution in [2.45, 2.75) is 13.1 Å². The molecule has 3 aromatic rings. The van der Waals surface area contributed by atoms with Crippen LogP contribution in [0.25, 0.3) is 0 Å². The number of nitrogens with zero attached hydrogens (tertiary/aromatic N) is 1. The first kappa shape index (κ1) is 20.0. The van der Waals surface area contributed by atoms with E-state index < -0.39 is 4.92 Å². The van der Waals surface area contributed by atoms with E-state index in [0.29, 0.717) is 5.69 Å². The summed E-state index contributed by atoms with van der Waals surface area (Å²) < 4.78 is 5.19. The smallest absolute Gasteiger partial charge is 0.279 e. The molecule has 28 heavy (non-hydrogen) atoms. The van der Waals surface area contributed by atoms with Crippen LogP contribution in [-0.4, -0.2) is 24.5 Å². The van der Waals surface area contributed by atoms with E-state index in [-0.39, 0.29) is 23.9 Å². The fraction of sp³-hybridized carbons (Fsp3) is 0.211. The number of hydrogen-bond donors (Lipinski definition) is 2. The highest BCUT2D eigenvalue weighted by Gasteiger charge is 2.19. The number of rotatable bonds is 9. The number of quaternary nitrogens is 1. The van der Waals surface area contributed by atoms with Crippen LogP contribution in [-0.2, 0) is 17.9 Å². The SMILES string of the molecule is COc1cc([N+](=O)[O-])ccc1NC(=O)C[NH+](Cc1cccs1)Cc1cccs1. The number of benzene rings is 1. The van der Waals surface area contributed by atoms with Crippen LogP contribution in [0.15, 0.2) is 53.2 Å². The number of methoxy groups -OCH3 is 1. The number of ether oxygens (including phenoxy) is 1. The highest BCUT2D eigenvalue weighted by Crippen LogP contribution is 2.28. The third kappa shape index (κ3) is 5.38. The van der Waals surface area contributed by atoms with Crippen molar-refractivity contribution in [3.63, 3.8) is 0 Å². The van der Waals surface area contributed by atoms with Gasteiger partial charge in [0, 0.05) is 6.07 Å². The van der Waals surface area contributed by atoms with Gasteiger partial charge in [0.1, 0.15) is 18.8 Å². The minimum absolute atomic E-state index is 0.0857. The predicted molar refractivity (Wildman–Crippen MR) is 110 cm³/mol.